The zero-order chi connectivity index (χ0) is 12.3. The first-order valence-corrected chi connectivity index (χ1v) is 6.09. The van der Waals surface area contributed by atoms with Gasteiger partial charge in [-0.05, 0) is 21.8 Å². The van der Waals surface area contributed by atoms with Crippen molar-refractivity contribution in [1.82, 2.24) is 0 Å². The van der Waals surface area contributed by atoms with E-state index in [9.17, 15) is 14.6 Å². The minimum atomic E-state index is -0.343. The van der Waals surface area contributed by atoms with Gasteiger partial charge in [-0.3, -0.25) is 4.79 Å². The van der Waals surface area contributed by atoms with Crippen LogP contribution in [0.2, 0.25) is 0 Å². The molecule has 17 heavy (non-hydrogen) atoms. The molecular formula is C9H5N3O3S2. The van der Waals surface area contributed by atoms with Crippen LogP contribution in [0.4, 0.5) is 15.7 Å². The maximum atomic E-state index is 11.7. The zero-order valence-corrected chi connectivity index (χ0v) is 9.88. The number of rotatable bonds is 4. The molecule has 0 aliphatic carbocycles. The fraction of sp³-hybridized carbons (Fsp3) is 0. The van der Waals surface area contributed by atoms with Gasteiger partial charge in [-0.2, -0.15) is 0 Å². The molecule has 1 amide bonds. The maximum absolute atomic E-state index is 11.7. The van der Waals surface area contributed by atoms with Crippen molar-refractivity contribution < 1.29 is 4.79 Å². The Kier molecular flexibility index (Phi) is 3.35. The summed E-state index contributed by atoms with van der Waals surface area (Å²) in [6.45, 7) is 0. The Morgan fingerprint density at radius 3 is 2.71 bits per heavy atom. The molecule has 2 aromatic heterocycles. The van der Waals surface area contributed by atoms with Gasteiger partial charge in [-0.15, -0.1) is 21.2 Å². The Morgan fingerprint density at radius 2 is 2.12 bits per heavy atom. The first-order valence-electron chi connectivity index (χ1n) is 4.40. The average molecular weight is 267 g/mol. The van der Waals surface area contributed by atoms with Crippen molar-refractivity contribution >= 4 is 44.3 Å². The highest BCUT2D eigenvalue weighted by Crippen LogP contribution is 2.40. The number of thiophene rings is 2. The standard InChI is InChI=1S/C9H5N3O3S2/c13-8(6-2-1-3-16-6)10-9-5(11-14)4-7(12-15)17-9/h1-4H,(H,10,13). The molecular weight excluding hydrogens is 262 g/mol. The summed E-state index contributed by atoms with van der Waals surface area (Å²) in [7, 11) is 0. The van der Waals surface area contributed by atoms with Gasteiger partial charge in [-0.25, -0.2) is 0 Å². The number of nitroso groups, excluding NO2 is 2. The molecule has 0 bridgehead atoms. The van der Waals surface area contributed by atoms with Crippen molar-refractivity contribution in [2.75, 3.05) is 5.32 Å². The molecule has 2 rings (SSSR count). The highest BCUT2D eigenvalue weighted by Gasteiger charge is 2.14. The highest BCUT2D eigenvalue weighted by atomic mass is 32.1. The van der Waals surface area contributed by atoms with Gasteiger partial charge in [0.1, 0.15) is 10.7 Å². The summed E-state index contributed by atoms with van der Waals surface area (Å²) in [6.07, 6.45) is 0. The van der Waals surface area contributed by atoms with E-state index in [1.165, 1.54) is 17.4 Å². The lowest BCUT2D eigenvalue weighted by Gasteiger charge is -1.99. The smallest absolute Gasteiger partial charge is 0.266 e. The summed E-state index contributed by atoms with van der Waals surface area (Å²) in [5.74, 6) is -0.343. The number of nitrogens with one attached hydrogen (secondary N) is 1. The lowest BCUT2D eigenvalue weighted by atomic mass is 10.4. The predicted molar refractivity (Wildman–Crippen MR) is 67.5 cm³/mol. The molecule has 0 aliphatic heterocycles. The summed E-state index contributed by atoms with van der Waals surface area (Å²) in [5.41, 5.74) is 0.00880. The van der Waals surface area contributed by atoms with E-state index in [4.69, 9.17) is 0 Å². The van der Waals surface area contributed by atoms with Crippen LogP contribution in [0.1, 0.15) is 9.67 Å². The normalized spacial score (nSPS) is 9.88. The lowest BCUT2D eigenvalue weighted by molar-refractivity contribution is 0.103. The van der Waals surface area contributed by atoms with Crippen LogP contribution < -0.4 is 5.32 Å². The third kappa shape index (κ3) is 2.43. The predicted octanol–water partition coefficient (Wildman–Crippen LogP) is 3.86. The Bertz CT molecular complexity index is 562. The van der Waals surface area contributed by atoms with E-state index in [0.29, 0.717) is 4.88 Å². The summed E-state index contributed by atoms with van der Waals surface area (Å²) < 4.78 is 0. The van der Waals surface area contributed by atoms with Crippen LogP contribution in [0, 0.1) is 9.81 Å². The molecule has 0 radical (unpaired) electrons. The second kappa shape index (κ2) is 4.93. The van der Waals surface area contributed by atoms with E-state index >= 15 is 0 Å². The molecule has 0 atom stereocenters. The van der Waals surface area contributed by atoms with E-state index in [1.807, 2.05) is 0 Å². The molecule has 0 unspecified atom stereocenters. The van der Waals surface area contributed by atoms with Crippen LogP contribution in [0.15, 0.2) is 33.9 Å². The van der Waals surface area contributed by atoms with Gasteiger partial charge in [0.2, 0.25) is 0 Å². The first-order chi connectivity index (χ1) is 8.24. The van der Waals surface area contributed by atoms with Gasteiger partial charge in [0.15, 0.2) is 5.00 Å². The zero-order valence-electron chi connectivity index (χ0n) is 8.25. The van der Waals surface area contributed by atoms with E-state index in [2.05, 4.69) is 15.7 Å². The fourth-order valence-electron chi connectivity index (χ4n) is 1.14. The Morgan fingerprint density at radius 1 is 1.29 bits per heavy atom. The molecule has 1 N–H and O–H groups in total. The molecule has 0 saturated carbocycles. The number of hydrogen-bond acceptors (Lipinski definition) is 7. The summed E-state index contributed by atoms with van der Waals surface area (Å²) in [5, 5.41) is 10.0. The van der Waals surface area contributed by atoms with E-state index in [-0.39, 0.29) is 21.6 Å². The van der Waals surface area contributed by atoms with Gasteiger partial charge in [0.05, 0.1) is 4.88 Å². The van der Waals surface area contributed by atoms with Crippen molar-refractivity contribution in [1.29, 1.82) is 0 Å². The number of amides is 1. The number of hydrogen-bond donors (Lipinski definition) is 1. The van der Waals surface area contributed by atoms with Crippen LogP contribution in [0.3, 0.4) is 0 Å². The van der Waals surface area contributed by atoms with Crippen molar-refractivity contribution in [2.24, 2.45) is 10.4 Å². The maximum Gasteiger partial charge on any atom is 0.266 e. The van der Waals surface area contributed by atoms with Crippen LogP contribution in [-0.2, 0) is 0 Å². The quantitative estimate of drug-likeness (QED) is 0.853. The van der Waals surface area contributed by atoms with Gasteiger partial charge in [-0.1, -0.05) is 17.4 Å². The third-order valence-corrected chi connectivity index (χ3v) is 3.65. The van der Waals surface area contributed by atoms with Crippen molar-refractivity contribution in [3.05, 3.63) is 38.3 Å². The van der Waals surface area contributed by atoms with Crippen molar-refractivity contribution in [3.8, 4) is 0 Å². The van der Waals surface area contributed by atoms with E-state index in [1.54, 1.807) is 17.5 Å². The van der Waals surface area contributed by atoms with E-state index in [0.717, 1.165) is 11.3 Å². The lowest BCUT2D eigenvalue weighted by Crippen LogP contribution is -2.08. The molecule has 2 heterocycles. The largest absolute Gasteiger partial charge is 0.311 e. The molecule has 6 nitrogen and oxygen atoms in total. The van der Waals surface area contributed by atoms with Crippen LogP contribution in [0.25, 0.3) is 0 Å². The molecule has 2 aromatic rings. The Hall–Kier alpha value is -1.93. The van der Waals surface area contributed by atoms with Crippen molar-refractivity contribution in [3.63, 3.8) is 0 Å². The monoisotopic (exact) mass is 267 g/mol. The Balaban J connectivity index is 2.23. The van der Waals surface area contributed by atoms with Crippen molar-refractivity contribution in [2.45, 2.75) is 0 Å². The third-order valence-electron chi connectivity index (χ3n) is 1.86. The SMILES string of the molecule is O=Nc1cc(N=O)c(NC(=O)c2cccs2)s1. The molecule has 86 valence electrons. The summed E-state index contributed by atoms with van der Waals surface area (Å²) in [4.78, 5) is 33.0. The van der Waals surface area contributed by atoms with Crippen LogP contribution in [-0.4, -0.2) is 5.91 Å². The molecule has 8 heteroatoms. The minimum Gasteiger partial charge on any atom is -0.311 e. The Labute approximate surface area is 103 Å². The topological polar surface area (TPSA) is 88.0 Å². The van der Waals surface area contributed by atoms with Crippen LogP contribution in [0.5, 0.6) is 0 Å². The number of nitrogens with zero attached hydrogens (tertiary/aromatic N) is 2. The van der Waals surface area contributed by atoms with Gasteiger partial charge < -0.3 is 5.32 Å². The fourth-order valence-corrected chi connectivity index (χ4v) is 2.52. The second-order valence-corrected chi connectivity index (χ2v) is 4.89. The molecule has 0 fully saturated rings. The number of anilines is 1. The van der Waals surface area contributed by atoms with Gasteiger partial charge >= 0.3 is 0 Å². The second-order valence-electron chi connectivity index (χ2n) is 2.91. The van der Waals surface area contributed by atoms with Gasteiger partial charge in [0.25, 0.3) is 5.91 Å². The summed E-state index contributed by atoms with van der Waals surface area (Å²) >= 11 is 2.18. The molecule has 0 aliphatic rings. The molecule has 0 saturated heterocycles. The highest BCUT2D eigenvalue weighted by molar-refractivity contribution is 7.20. The number of carbonyl (C=O) groups is 1. The summed E-state index contributed by atoms with van der Waals surface area (Å²) in [6, 6.07) is 4.63. The average Bonchev–Trinajstić information content (AvgIpc) is 2.97. The number of carbonyl (C=O) groups excluding carboxylic acids is 1. The molecule has 0 aromatic carbocycles. The van der Waals surface area contributed by atoms with Gasteiger partial charge in [0, 0.05) is 6.07 Å². The van der Waals surface area contributed by atoms with E-state index < -0.39 is 0 Å². The first kappa shape index (κ1) is 11.6. The molecule has 0 spiro atoms. The minimum absolute atomic E-state index is 0.00880. The van der Waals surface area contributed by atoms with Crippen LogP contribution >= 0.6 is 22.7 Å².